The van der Waals surface area contributed by atoms with E-state index in [-0.39, 0.29) is 0 Å². The van der Waals surface area contributed by atoms with Crippen molar-refractivity contribution in [1.82, 2.24) is 5.32 Å². The Morgan fingerprint density at radius 1 is 1.36 bits per heavy atom. The van der Waals surface area contributed by atoms with Crippen LogP contribution in [0.25, 0.3) is 0 Å². The Hall–Kier alpha value is -1.30. The van der Waals surface area contributed by atoms with E-state index < -0.39 is 23.7 Å². The van der Waals surface area contributed by atoms with Gasteiger partial charge in [0.15, 0.2) is 0 Å². The summed E-state index contributed by atoms with van der Waals surface area (Å²) in [6.45, 7) is 6.61. The molecule has 1 atom stereocenters. The molecule has 0 rings (SSSR count). The van der Waals surface area contributed by atoms with Gasteiger partial charge in [-0.25, -0.2) is 9.59 Å². The normalized spacial score (nSPS) is 12.9. The number of hydrogen-bond acceptors (Lipinski definition) is 5. The van der Waals surface area contributed by atoms with E-state index in [1.54, 1.807) is 20.8 Å². The van der Waals surface area contributed by atoms with E-state index in [9.17, 15) is 9.59 Å². The highest BCUT2D eigenvalue weighted by atomic mass is 16.7. The van der Waals surface area contributed by atoms with Gasteiger partial charge in [-0.15, -0.1) is 0 Å². The van der Waals surface area contributed by atoms with Crippen molar-refractivity contribution in [2.45, 2.75) is 39.3 Å². The summed E-state index contributed by atoms with van der Waals surface area (Å²) >= 11 is 0. The van der Waals surface area contributed by atoms with Crippen LogP contribution < -0.4 is 11.2 Å². The molecule has 0 bridgehead atoms. The molecule has 3 N–H and O–H groups in total. The molecule has 0 unspecified atom stereocenters. The molecule has 0 aromatic heterocycles. The van der Waals surface area contributed by atoms with Gasteiger partial charge in [0.05, 0.1) is 0 Å². The highest BCUT2D eigenvalue weighted by Crippen LogP contribution is 2.06. The van der Waals surface area contributed by atoms with E-state index in [0.29, 0.717) is 0 Å². The van der Waals surface area contributed by atoms with Gasteiger partial charge >= 0.3 is 12.1 Å². The summed E-state index contributed by atoms with van der Waals surface area (Å²) in [6, 6.07) is -0.824. The number of nitrogens with one attached hydrogen (secondary N) is 1. The first-order valence-corrected chi connectivity index (χ1v) is 4.16. The molecular formula is C8H16N2O4. The van der Waals surface area contributed by atoms with Crippen LogP contribution in [0.5, 0.6) is 0 Å². The summed E-state index contributed by atoms with van der Waals surface area (Å²) in [7, 11) is 0. The van der Waals surface area contributed by atoms with E-state index in [1.165, 1.54) is 6.92 Å². The molecule has 0 aliphatic heterocycles. The van der Waals surface area contributed by atoms with E-state index in [4.69, 9.17) is 4.74 Å². The number of carbonyl (C=O) groups excluding carboxylic acids is 2. The number of rotatable bonds is 2. The van der Waals surface area contributed by atoms with Crippen molar-refractivity contribution in [3.8, 4) is 0 Å². The Morgan fingerprint density at radius 2 is 1.86 bits per heavy atom. The second kappa shape index (κ2) is 4.80. The average Bonchev–Trinajstić information content (AvgIpc) is 1.99. The summed E-state index contributed by atoms with van der Waals surface area (Å²) in [5.74, 6) is 3.91. The molecule has 0 saturated carbocycles. The number of nitrogens with two attached hydrogens (primary N) is 1. The van der Waals surface area contributed by atoms with Crippen LogP contribution in [0.15, 0.2) is 0 Å². The van der Waals surface area contributed by atoms with Crippen molar-refractivity contribution in [1.29, 1.82) is 0 Å². The van der Waals surface area contributed by atoms with Crippen molar-refractivity contribution in [3.05, 3.63) is 0 Å². The largest absolute Gasteiger partial charge is 0.444 e. The van der Waals surface area contributed by atoms with Crippen LogP contribution in [0.2, 0.25) is 0 Å². The first kappa shape index (κ1) is 12.7. The molecule has 1 amide bonds. The maximum absolute atomic E-state index is 11.1. The average molecular weight is 204 g/mol. The van der Waals surface area contributed by atoms with Crippen LogP contribution in [0.1, 0.15) is 27.7 Å². The van der Waals surface area contributed by atoms with Crippen molar-refractivity contribution < 1.29 is 19.2 Å². The van der Waals surface area contributed by atoms with E-state index in [0.717, 1.165) is 0 Å². The fourth-order valence-corrected chi connectivity index (χ4v) is 0.645. The predicted molar refractivity (Wildman–Crippen MR) is 49.1 cm³/mol. The highest BCUT2D eigenvalue weighted by molar-refractivity contribution is 5.80. The quantitative estimate of drug-likeness (QED) is 0.632. The number of alkyl carbamates (subject to hydrolysis) is 1. The molecule has 0 radical (unpaired) electrons. The topological polar surface area (TPSA) is 90.6 Å². The number of hydrogen-bond donors (Lipinski definition) is 2. The molecule has 0 aliphatic rings. The molecule has 0 spiro atoms. The second-order valence-corrected chi connectivity index (χ2v) is 3.80. The van der Waals surface area contributed by atoms with Crippen molar-refractivity contribution in [2.24, 2.45) is 5.90 Å². The lowest BCUT2D eigenvalue weighted by atomic mass is 10.2. The van der Waals surface area contributed by atoms with Gasteiger partial charge in [0.1, 0.15) is 11.6 Å². The molecule has 0 fully saturated rings. The summed E-state index contributed by atoms with van der Waals surface area (Å²) in [5.41, 5.74) is -0.601. The first-order valence-electron chi connectivity index (χ1n) is 4.16. The minimum atomic E-state index is -0.824. The van der Waals surface area contributed by atoms with E-state index in [1.807, 2.05) is 0 Å². The van der Waals surface area contributed by atoms with Crippen LogP contribution in [0.3, 0.4) is 0 Å². The molecule has 6 heteroatoms. The van der Waals surface area contributed by atoms with Gasteiger partial charge in [-0.3, -0.25) is 0 Å². The van der Waals surface area contributed by atoms with Crippen LogP contribution >= 0.6 is 0 Å². The number of ether oxygens (including phenoxy) is 1. The van der Waals surface area contributed by atoms with E-state index >= 15 is 0 Å². The van der Waals surface area contributed by atoms with Crippen LogP contribution in [0.4, 0.5) is 4.79 Å². The fourth-order valence-electron chi connectivity index (χ4n) is 0.645. The molecule has 0 aliphatic carbocycles. The summed E-state index contributed by atoms with van der Waals surface area (Å²) in [4.78, 5) is 25.8. The number of carbonyl (C=O) groups is 2. The standard InChI is InChI=1S/C8H16N2O4/c1-5(6(11)14-9)10-7(12)13-8(2,3)4/h5H,9H2,1-4H3,(H,10,12)/t5-/m1/s1. The maximum atomic E-state index is 11.1. The van der Waals surface area contributed by atoms with E-state index in [2.05, 4.69) is 16.1 Å². The molecular weight excluding hydrogens is 188 g/mol. The van der Waals surface area contributed by atoms with Crippen molar-refractivity contribution >= 4 is 12.1 Å². The van der Waals surface area contributed by atoms with Crippen molar-refractivity contribution in [3.63, 3.8) is 0 Å². The van der Waals surface area contributed by atoms with Gasteiger partial charge in [0.25, 0.3) is 0 Å². The Balaban J connectivity index is 4.01. The predicted octanol–water partition coefficient (Wildman–Crippen LogP) is 0.317. The van der Waals surface area contributed by atoms with Gasteiger partial charge in [-0.1, -0.05) is 0 Å². The molecule has 82 valence electrons. The second-order valence-electron chi connectivity index (χ2n) is 3.80. The third-order valence-corrected chi connectivity index (χ3v) is 1.20. The lowest BCUT2D eigenvalue weighted by Gasteiger charge is -2.20. The maximum Gasteiger partial charge on any atom is 0.408 e. The zero-order chi connectivity index (χ0) is 11.4. The van der Waals surface area contributed by atoms with Gasteiger partial charge < -0.3 is 14.9 Å². The Labute approximate surface area is 82.7 Å². The molecule has 14 heavy (non-hydrogen) atoms. The minimum absolute atomic E-state index is 0.601. The molecule has 0 saturated heterocycles. The lowest BCUT2D eigenvalue weighted by Crippen LogP contribution is -2.43. The monoisotopic (exact) mass is 204 g/mol. The molecule has 6 nitrogen and oxygen atoms in total. The Kier molecular flexibility index (Phi) is 4.36. The van der Waals surface area contributed by atoms with Gasteiger partial charge in [0, 0.05) is 0 Å². The minimum Gasteiger partial charge on any atom is -0.444 e. The van der Waals surface area contributed by atoms with Crippen molar-refractivity contribution in [2.75, 3.05) is 0 Å². The zero-order valence-electron chi connectivity index (χ0n) is 8.79. The van der Waals surface area contributed by atoms with Crippen LogP contribution in [-0.2, 0) is 14.4 Å². The first-order chi connectivity index (χ1) is 6.26. The third-order valence-electron chi connectivity index (χ3n) is 1.20. The fraction of sp³-hybridized carbons (Fsp3) is 0.750. The summed E-state index contributed by atoms with van der Waals surface area (Å²) in [5, 5.41) is 2.27. The molecule has 0 heterocycles. The van der Waals surface area contributed by atoms with Crippen LogP contribution in [0, 0.1) is 0 Å². The Bertz CT molecular complexity index is 222. The third kappa shape index (κ3) is 5.36. The number of amides is 1. The molecule has 0 aromatic rings. The zero-order valence-corrected chi connectivity index (χ0v) is 8.79. The smallest absolute Gasteiger partial charge is 0.408 e. The SMILES string of the molecule is C[C@@H](NC(=O)OC(C)(C)C)C(=O)ON. The lowest BCUT2D eigenvalue weighted by molar-refractivity contribution is -0.146. The summed E-state index contributed by atoms with van der Waals surface area (Å²) in [6.07, 6.45) is -0.685. The van der Waals surface area contributed by atoms with Gasteiger partial charge in [-0.05, 0) is 27.7 Å². The Morgan fingerprint density at radius 3 is 2.21 bits per heavy atom. The highest BCUT2D eigenvalue weighted by Gasteiger charge is 2.21. The summed E-state index contributed by atoms with van der Waals surface area (Å²) < 4.78 is 4.90. The molecule has 0 aromatic carbocycles. The van der Waals surface area contributed by atoms with Gasteiger partial charge in [0.2, 0.25) is 0 Å². The van der Waals surface area contributed by atoms with Gasteiger partial charge in [-0.2, -0.15) is 5.90 Å². The van der Waals surface area contributed by atoms with Crippen LogP contribution in [-0.4, -0.2) is 23.7 Å².